The van der Waals surface area contributed by atoms with Crippen molar-refractivity contribution in [1.82, 2.24) is 19.6 Å². The summed E-state index contributed by atoms with van der Waals surface area (Å²) in [5, 5.41) is 5.25. The number of nitrogens with one attached hydrogen (secondary N) is 1. The Morgan fingerprint density at radius 2 is 1.96 bits per heavy atom. The van der Waals surface area contributed by atoms with Gasteiger partial charge < -0.3 is 9.72 Å². The summed E-state index contributed by atoms with van der Waals surface area (Å²) in [6, 6.07) is 6.43. The Kier molecular flexibility index (Phi) is 4.26. The van der Waals surface area contributed by atoms with E-state index in [1.54, 1.807) is 15.7 Å². The van der Waals surface area contributed by atoms with Crippen LogP contribution < -0.4 is 5.32 Å². The predicted octanol–water partition coefficient (Wildman–Crippen LogP) is 3.49. The minimum Gasteiger partial charge on any atom is -0.314 e. The predicted molar refractivity (Wildman–Crippen MR) is 91.7 cm³/mol. The van der Waals surface area contributed by atoms with Gasteiger partial charge in [-0.1, -0.05) is 6.07 Å². The second-order valence-electron chi connectivity index (χ2n) is 6.05. The summed E-state index contributed by atoms with van der Waals surface area (Å²) in [4.78, 5) is 7.83. The van der Waals surface area contributed by atoms with Gasteiger partial charge in [-0.2, -0.15) is 13.2 Å². The van der Waals surface area contributed by atoms with Crippen molar-refractivity contribution in [2.75, 3.05) is 26.2 Å². The second-order valence-corrected chi connectivity index (χ2v) is 7.00. The van der Waals surface area contributed by atoms with Crippen molar-refractivity contribution in [3.05, 3.63) is 47.1 Å². The molecule has 25 heavy (non-hydrogen) atoms. The van der Waals surface area contributed by atoms with E-state index in [1.165, 1.54) is 6.07 Å². The highest BCUT2D eigenvalue weighted by Gasteiger charge is 2.31. The fourth-order valence-corrected chi connectivity index (χ4v) is 3.84. The molecule has 0 saturated carbocycles. The molecule has 4 heterocycles. The molecule has 3 aromatic rings. The molecule has 0 aromatic carbocycles. The van der Waals surface area contributed by atoms with Crippen LogP contribution in [0.1, 0.15) is 11.3 Å². The summed E-state index contributed by atoms with van der Waals surface area (Å²) in [5.74, 6) is 0. The number of imidazole rings is 1. The molecular formula is C17H17F3N4S. The Bertz CT molecular complexity index is 864. The van der Waals surface area contributed by atoms with E-state index in [1.807, 2.05) is 17.5 Å². The van der Waals surface area contributed by atoms with E-state index in [0.29, 0.717) is 12.2 Å². The Hall–Kier alpha value is -1.90. The van der Waals surface area contributed by atoms with E-state index in [-0.39, 0.29) is 0 Å². The SMILES string of the molecule is FC(F)(F)c1ccc2nc(-c3cccs3)c(CN3CCNCC3)n2c1. The fourth-order valence-electron chi connectivity index (χ4n) is 3.10. The third-order valence-corrected chi connectivity index (χ3v) is 5.26. The quantitative estimate of drug-likeness (QED) is 0.770. The number of halogens is 3. The molecule has 4 rings (SSSR count). The first kappa shape index (κ1) is 16.6. The van der Waals surface area contributed by atoms with Crippen molar-refractivity contribution in [1.29, 1.82) is 0 Å². The van der Waals surface area contributed by atoms with Gasteiger partial charge in [-0.15, -0.1) is 11.3 Å². The number of alkyl halides is 3. The lowest BCUT2D eigenvalue weighted by atomic mass is 10.2. The molecule has 132 valence electrons. The number of hydrogen-bond acceptors (Lipinski definition) is 4. The highest BCUT2D eigenvalue weighted by atomic mass is 32.1. The first-order chi connectivity index (χ1) is 12.0. The number of rotatable bonds is 3. The summed E-state index contributed by atoms with van der Waals surface area (Å²) in [5.41, 5.74) is 1.47. The molecule has 1 saturated heterocycles. The minimum atomic E-state index is -4.37. The van der Waals surface area contributed by atoms with Crippen molar-refractivity contribution < 1.29 is 13.2 Å². The number of aromatic nitrogens is 2. The lowest BCUT2D eigenvalue weighted by Gasteiger charge is -2.27. The highest BCUT2D eigenvalue weighted by molar-refractivity contribution is 7.13. The van der Waals surface area contributed by atoms with Crippen LogP contribution in [0.5, 0.6) is 0 Å². The van der Waals surface area contributed by atoms with Crippen molar-refractivity contribution in [3.8, 4) is 10.6 Å². The van der Waals surface area contributed by atoms with E-state index >= 15 is 0 Å². The summed E-state index contributed by atoms with van der Waals surface area (Å²) in [6.45, 7) is 4.10. The van der Waals surface area contributed by atoms with Gasteiger partial charge in [-0.25, -0.2) is 4.98 Å². The van der Waals surface area contributed by atoms with Crippen LogP contribution in [-0.2, 0) is 12.7 Å². The number of thiophene rings is 1. The van der Waals surface area contributed by atoms with Crippen LogP contribution in [0.4, 0.5) is 13.2 Å². The van der Waals surface area contributed by atoms with Crippen molar-refractivity contribution in [3.63, 3.8) is 0 Å². The van der Waals surface area contributed by atoms with Gasteiger partial charge in [0.15, 0.2) is 0 Å². The van der Waals surface area contributed by atoms with Crippen molar-refractivity contribution in [2.24, 2.45) is 0 Å². The van der Waals surface area contributed by atoms with Gasteiger partial charge in [-0.05, 0) is 23.6 Å². The van der Waals surface area contributed by atoms with E-state index in [0.717, 1.165) is 54.7 Å². The average Bonchev–Trinajstić information content (AvgIpc) is 3.23. The number of piperazine rings is 1. The Balaban J connectivity index is 1.83. The van der Waals surface area contributed by atoms with E-state index in [4.69, 9.17) is 0 Å². The molecule has 0 amide bonds. The molecule has 0 atom stereocenters. The topological polar surface area (TPSA) is 32.6 Å². The van der Waals surface area contributed by atoms with Crippen LogP contribution in [-0.4, -0.2) is 40.5 Å². The van der Waals surface area contributed by atoms with Gasteiger partial charge in [0.1, 0.15) is 11.3 Å². The first-order valence-electron chi connectivity index (χ1n) is 8.07. The summed E-state index contributed by atoms with van der Waals surface area (Å²) < 4.78 is 41.0. The number of nitrogens with zero attached hydrogens (tertiary/aromatic N) is 3. The molecule has 1 aliphatic rings. The molecule has 1 aliphatic heterocycles. The van der Waals surface area contributed by atoms with Crippen LogP contribution in [0.3, 0.4) is 0 Å². The third-order valence-electron chi connectivity index (χ3n) is 4.38. The maximum Gasteiger partial charge on any atom is 0.417 e. The summed E-state index contributed by atoms with van der Waals surface area (Å²) >= 11 is 1.55. The van der Waals surface area contributed by atoms with Gasteiger partial charge >= 0.3 is 6.18 Å². The maximum atomic E-state index is 13.1. The number of hydrogen-bond donors (Lipinski definition) is 1. The zero-order chi connectivity index (χ0) is 17.4. The Morgan fingerprint density at radius 3 is 2.64 bits per heavy atom. The summed E-state index contributed by atoms with van der Waals surface area (Å²) in [6.07, 6.45) is -3.20. The zero-order valence-electron chi connectivity index (χ0n) is 13.4. The second kappa shape index (κ2) is 6.44. The van der Waals surface area contributed by atoms with E-state index < -0.39 is 11.7 Å². The van der Waals surface area contributed by atoms with Crippen LogP contribution in [0.25, 0.3) is 16.2 Å². The Labute approximate surface area is 146 Å². The molecule has 0 unspecified atom stereocenters. The Morgan fingerprint density at radius 1 is 1.16 bits per heavy atom. The normalized spacial score (nSPS) is 16.6. The molecule has 0 spiro atoms. The minimum absolute atomic E-state index is 0.543. The van der Waals surface area contributed by atoms with Crippen LogP contribution >= 0.6 is 11.3 Å². The molecule has 4 nitrogen and oxygen atoms in total. The van der Waals surface area contributed by atoms with Crippen LogP contribution in [0.2, 0.25) is 0 Å². The van der Waals surface area contributed by atoms with Gasteiger partial charge in [0.05, 0.1) is 16.1 Å². The average molecular weight is 366 g/mol. The van der Waals surface area contributed by atoms with E-state index in [2.05, 4.69) is 15.2 Å². The molecule has 8 heteroatoms. The third kappa shape index (κ3) is 3.29. The van der Waals surface area contributed by atoms with Crippen LogP contribution in [0, 0.1) is 0 Å². The molecule has 3 aromatic heterocycles. The lowest BCUT2D eigenvalue weighted by Crippen LogP contribution is -2.43. The molecule has 0 radical (unpaired) electrons. The molecule has 1 fully saturated rings. The highest BCUT2D eigenvalue weighted by Crippen LogP contribution is 2.33. The largest absolute Gasteiger partial charge is 0.417 e. The standard InChI is InChI=1S/C17H17F3N4S/c18-17(19,20)12-3-4-15-22-16(14-2-1-9-25-14)13(24(15)10-12)11-23-7-5-21-6-8-23/h1-4,9-10,21H,5-8,11H2. The smallest absolute Gasteiger partial charge is 0.314 e. The summed E-state index contributed by atoms with van der Waals surface area (Å²) in [7, 11) is 0. The number of fused-ring (bicyclic) bond motifs is 1. The number of pyridine rings is 1. The lowest BCUT2D eigenvalue weighted by molar-refractivity contribution is -0.137. The first-order valence-corrected chi connectivity index (χ1v) is 8.95. The van der Waals surface area contributed by atoms with Crippen molar-refractivity contribution in [2.45, 2.75) is 12.7 Å². The maximum absolute atomic E-state index is 13.1. The molecule has 0 bridgehead atoms. The van der Waals surface area contributed by atoms with Gasteiger partial charge in [0.25, 0.3) is 0 Å². The molecule has 1 N–H and O–H groups in total. The van der Waals surface area contributed by atoms with E-state index in [9.17, 15) is 13.2 Å². The zero-order valence-corrected chi connectivity index (χ0v) is 14.2. The van der Waals surface area contributed by atoms with Gasteiger partial charge in [0.2, 0.25) is 0 Å². The molecule has 0 aliphatic carbocycles. The fraction of sp³-hybridized carbons (Fsp3) is 0.353. The van der Waals surface area contributed by atoms with Gasteiger partial charge in [0, 0.05) is 38.9 Å². The molecular weight excluding hydrogens is 349 g/mol. The van der Waals surface area contributed by atoms with Crippen molar-refractivity contribution >= 4 is 17.0 Å². The van der Waals surface area contributed by atoms with Crippen LogP contribution in [0.15, 0.2) is 35.8 Å². The van der Waals surface area contributed by atoms with Gasteiger partial charge in [-0.3, -0.25) is 4.90 Å². The monoisotopic (exact) mass is 366 g/mol.